The molecule has 0 fully saturated rings. The van der Waals surface area contributed by atoms with Crippen LogP contribution in [-0.2, 0) is 0 Å². The van der Waals surface area contributed by atoms with Gasteiger partial charge in [0, 0.05) is 5.56 Å². The molecule has 1 aromatic heterocycles. The van der Waals surface area contributed by atoms with Crippen molar-refractivity contribution >= 4 is 11.4 Å². The monoisotopic (exact) mass is 343 g/mol. The van der Waals surface area contributed by atoms with Gasteiger partial charge in [-0.25, -0.2) is 10.2 Å². The Balaban J connectivity index is 1.97. The molecule has 1 N–H and O–H groups in total. The van der Waals surface area contributed by atoms with Gasteiger partial charge in [-0.2, -0.15) is 5.10 Å². The van der Waals surface area contributed by atoms with Crippen molar-refractivity contribution in [1.82, 2.24) is 9.78 Å². The highest BCUT2D eigenvalue weighted by molar-refractivity contribution is 5.75. The predicted octanol–water partition coefficient (Wildman–Crippen LogP) is 5.56. The molecule has 0 unspecified atom stereocenters. The van der Waals surface area contributed by atoms with Crippen molar-refractivity contribution in [3.63, 3.8) is 0 Å². The molecule has 0 saturated carbocycles. The van der Waals surface area contributed by atoms with E-state index in [1.165, 1.54) is 0 Å². The Labute approximate surface area is 153 Å². The number of nitrogens with one attached hydrogen (secondary N) is 1. The van der Waals surface area contributed by atoms with Crippen molar-refractivity contribution < 1.29 is 4.84 Å². The minimum Gasteiger partial charge on any atom is -0.382 e. The molecule has 3 aromatic rings. The van der Waals surface area contributed by atoms with Crippen LogP contribution in [0.1, 0.15) is 6.92 Å². The largest absolute Gasteiger partial charge is 0.382 e. The lowest BCUT2D eigenvalue weighted by atomic mass is 10.1. The molecular formula is C22H21N3O. The van der Waals surface area contributed by atoms with Gasteiger partial charge in [0.25, 0.3) is 0 Å². The zero-order valence-corrected chi connectivity index (χ0v) is 14.7. The van der Waals surface area contributed by atoms with Gasteiger partial charge in [0.15, 0.2) is 5.75 Å². The third-order valence-corrected chi connectivity index (χ3v) is 3.67. The van der Waals surface area contributed by atoms with E-state index in [1.807, 2.05) is 92.0 Å². The normalized spacial score (nSPS) is 11.5. The number of para-hydroxylation sites is 1. The van der Waals surface area contributed by atoms with E-state index in [4.69, 9.17) is 9.94 Å². The second-order valence-electron chi connectivity index (χ2n) is 5.55. The fourth-order valence-electron chi connectivity index (χ4n) is 2.49. The molecule has 130 valence electrons. The quantitative estimate of drug-likeness (QED) is 0.451. The molecule has 0 aliphatic carbocycles. The van der Waals surface area contributed by atoms with Gasteiger partial charge in [0.2, 0.25) is 0 Å². The third-order valence-electron chi connectivity index (χ3n) is 3.67. The molecule has 0 aliphatic rings. The van der Waals surface area contributed by atoms with Crippen LogP contribution >= 0.6 is 0 Å². The lowest BCUT2D eigenvalue weighted by Gasteiger charge is -2.07. The summed E-state index contributed by atoms with van der Waals surface area (Å²) < 4.78 is 1.81. The highest BCUT2D eigenvalue weighted by Gasteiger charge is 2.13. The van der Waals surface area contributed by atoms with Crippen molar-refractivity contribution in [2.75, 3.05) is 5.48 Å². The number of anilines is 1. The highest BCUT2D eigenvalue weighted by Crippen LogP contribution is 2.28. The van der Waals surface area contributed by atoms with Crippen molar-refractivity contribution in [1.29, 1.82) is 0 Å². The van der Waals surface area contributed by atoms with E-state index in [0.717, 1.165) is 28.4 Å². The van der Waals surface area contributed by atoms with Gasteiger partial charge in [-0.1, -0.05) is 67.3 Å². The zero-order valence-electron chi connectivity index (χ0n) is 14.7. The van der Waals surface area contributed by atoms with Gasteiger partial charge >= 0.3 is 0 Å². The molecule has 0 aliphatic heterocycles. The third kappa shape index (κ3) is 4.11. The topological polar surface area (TPSA) is 39.1 Å². The summed E-state index contributed by atoms with van der Waals surface area (Å²) in [6, 6.07) is 19.6. The van der Waals surface area contributed by atoms with Crippen LogP contribution in [-0.4, -0.2) is 9.78 Å². The van der Waals surface area contributed by atoms with Crippen LogP contribution in [0.25, 0.3) is 17.0 Å². The predicted molar refractivity (Wildman–Crippen MR) is 108 cm³/mol. The van der Waals surface area contributed by atoms with Gasteiger partial charge in [0.05, 0.1) is 11.9 Å². The van der Waals surface area contributed by atoms with Gasteiger partial charge in [0.1, 0.15) is 11.4 Å². The first-order chi connectivity index (χ1) is 12.8. The van der Waals surface area contributed by atoms with E-state index in [0.29, 0.717) is 0 Å². The lowest BCUT2D eigenvalue weighted by Crippen LogP contribution is -2.04. The Bertz CT molecular complexity index is 909. The fraction of sp³-hybridized carbons (Fsp3) is 0.0455. The smallest absolute Gasteiger partial charge is 0.155 e. The van der Waals surface area contributed by atoms with E-state index >= 15 is 0 Å². The average molecular weight is 343 g/mol. The van der Waals surface area contributed by atoms with E-state index < -0.39 is 0 Å². The SMILES string of the molecule is C=C/C=C(\C=C/C)n1cc(NOc2ccccc2)c(-c2ccccc2)n1. The summed E-state index contributed by atoms with van der Waals surface area (Å²) in [6.07, 6.45) is 9.50. The van der Waals surface area contributed by atoms with E-state index in [2.05, 4.69) is 12.1 Å². The molecule has 0 bridgehead atoms. The maximum Gasteiger partial charge on any atom is 0.155 e. The summed E-state index contributed by atoms with van der Waals surface area (Å²) in [6.45, 7) is 5.75. The molecule has 26 heavy (non-hydrogen) atoms. The second kappa shape index (κ2) is 8.53. The first-order valence-electron chi connectivity index (χ1n) is 8.40. The molecule has 2 aromatic carbocycles. The maximum atomic E-state index is 5.71. The standard InChI is InChI=1S/C22H21N3O/c1-3-11-19(12-4-2)25-17-21(24-26-20-15-9-6-10-16-20)22(23-25)18-13-7-5-8-14-18/h3-17,24H,1H2,2H3/b12-4-,19-11+. The number of allylic oxidation sites excluding steroid dienone is 5. The summed E-state index contributed by atoms with van der Waals surface area (Å²) in [4.78, 5) is 5.71. The number of hydrogen-bond acceptors (Lipinski definition) is 3. The molecule has 0 radical (unpaired) electrons. The summed E-state index contributed by atoms with van der Waals surface area (Å²) >= 11 is 0. The maximum absolute atomic E-state index is 5.71. The second-order valence-corrected chi connectivity index (χ2v) is 5.55. The van der Waals surface area contributed by atoms with Crippen LogP contribution in [0.2, 0.25) is 0 Å². The molecule has 4 nitrogen and oxygen atoms in total. The van der Waals surface area contributed by atoms with Crippen molar-refractivity contribution in [2.24, 2.45) is 0 Å². The Hall–Kier alpha value is -3.53. The summed E-state index contributed by atoms with van der Waals surface area (Å²) in [7, 11) is 0. The summed E-state index contributed by atoms with van der Waals surface area (Å²) in [5, 5.41) is 4.74. The number of rotatable bonds is 7. The Morgan fingerprint density at radius 3 is 2.42 bits per heavy atom. The molecule has 0 saturated heterocycles. The number of hydrogen-bond donors (Lipinski definition) is 1. The van der Waals surface area contributed by atoms with Crippen molar-refractivity contribution in [3.8, 4) is 17.0 Å². The molecule has 0 spiro atoms. The van der Waals surface area contributed by atoms with Crippen LogP contribution in [0, 0.1) is 0 Å². The molecular weight excluding hydrogens is 322 g/mol. The van der Waals surface area contributed by atoms with Gasteiger partial charge in [-0.3, -0.25) is 0 Å². The van der Waals surface area contributed by atoms with Crippen molar-refractivity contribution in [2.45, 2.75) is 6.92 Å². The highest BCUT2D eigenvalue weighted by atomic mass is 16.6. The molecule has 0 atom stereocenters. The fourth-order valence-corrected chi connectivity index (χ4v) is 2.49. The van der Waals surface area contributed by atoms with E-state index in [9.17, 15) is 0 Å². The zero-order chi connectivity index (χ0) is 18.2. The average Bonchev–Trinajstić information content (AvgIpc) is 3.12. The number of nitrogens with zero attached hydrogens (tertiary/aromatic N) is 2. The lowest BCUT2D eigenvalue weighted by molar-refractivity contribution is 0.405. The van der Waals surface area contributed by atoms with Gasteiger partial charge < -0.3 is 4.84 Å². The van der Waals surface area contributed by atoms with Crippen LogP contribution in [0.4, 0.5) is 5.69 Å². The molecule has 4 heteroatoms. The first-order valence-corrected chi connectivity index (χ1v) is 8.40. The summed E-state index contributed by atoms with van der Waals surface area (Å²) in [5.41, 5.74) is 6.52. The van der Waals surface area contributed by atoms with Crippen LogP contribution in [0.5, 0.6) is 5.75 Å². The Kier molecular flexibility index (Phi) is 5.68. The Morgan fingerprint density at radius 1 is 1.08 bits per heavy atom. The van der Waals surface area contributed by atoms with Crippen LogP contribution in [0.3, 0.4) is 0 Å². The molecule has 1 heterocycles. The Morgan fingerprint density at radius 2 is 1.77 bits per heavy atom. The van der Waals surface area contributed by atoms with E-state index in [-0.39, 0.29) is 0 Å². The van der Waals surface area contributed by atoms with Crippen LogP contribution < -0.4 is 10.3 Å². The number of benzene rings is 2. The first kappa shape index (κ1) is 17.3. The minimum atomic E-state index is 0.731. The van der Waals surface area contributed by atoms with E-state index in [1.54, 1.807) is 10.8 Å². The van der Waals surface area contributed by atoms with Gasteiger partial charge in [-0.05, 0) is 31.2 Å². The molecule has 3 rings (SSSR count). The van der Waals surface area contributed by atoms with Crippen LogP contribution in [0.15, 0.2) is 97.7 Å². The van der Waals surface area contributed by atoms with Crippen molar-refractivity contribution in [3.05, 3.63) is 97.7 Å². The van der Waals surface area contributed by atoms with Gasteiger partial charge in [-0.15, -0.1) is 0 Å². The molecule has 0 amide bonds. The number of aromatic nitrogens is 2. The summed E-state index contributed by atoms with van der Waals surface area (Å²) in [5.74, 6) is 0.731. The minimum absolute atomic E-state index is 0.731.